The fourth-order valence-electron chi connectivity index (χ4n) is 2.24. The van der Waals surface area contributed by atoms with Gasteiger partial charge in [-0.1, -0.05) is 11.3 Å². The van der Waals surface area contributed by atoms with Crippen molar-refractivity contribution in [1.29, 1.82) is 0 Å². The Morgan fingerprint density at radius 2 is 2.35 bits per heavy atom. The highest BCUT2D eigenvalue weighted by Gasteiger charge is 2.25. The first-order chi connectivity index (χ1) is 8.16. The minimum Gasteiger partial charge on any atom is -0.481 e. The van der Waals surface area contributed by atoms with Crippen molar-refractivity contribution in [3.63, 3.8) is 0 Å². The van der Waals surface area contributed by atoms with Crippen molar-refractivity contribution in [2.24, 2.45) is 0 Å². The van der Waals surface area contributed by atoms with Crippen LogP contribution in [0.25, 0.3) is 0 Å². The highest BCUT2D eigenvalue weighted by molar-refractivity contribution is 7.15. The molecule has 0 amide bonds. The van der Waals surface area contributed by atoms with Gasteiger partial charge in [0.2, 0.25) is 5.13 Å². The van der Waals surface area contributed by atoms with Crippen LogP contribution >= 0.6 is 11.3 Å². The van der Waals surface area contributed by atoms with Gasteiger partial charge < -0.3 is 10.0 Å². The van der Waals surface area contributed by atoms with Crippen LogP contribution in [0.2, 0.25) is 0 Å². The molecule has 0 radical (unpaired) electrons. The van der Waals surface area contributed by atoms with Crippen LogP contribution in [0.5, 0.6) is 0 Å². The van der Waals surface area contributed by atoms with Gasteiger partial charge in [-0.05, 0) is 32.6 Å². The number of piperidine rings is 1. The summed E-state index contributed by atoms with van der Waals surface area (Å²) in [6.07, 6.45) is 4.33. The first-order valence-electron chi connectivity index (χ1n) is 5.95. The van der Waals surface area contributed by atoms with E-state index in [9.17, 15) is 4.79 Å². The minimum atomic E-state index is -0.719. The van der Waals surface area contributed by atoms with Gasteiger partial charge in [-0.3, -0.25) is 4.79 Å². The molecule has 0 spiro atoms. The Morgan fingerprint density at radius 3 is 3.00 bits per heavy atom. The summed E-state index contributed by atoms with van der Waals surface area (Å²) >= 11 is 1.59. The Kier molecular flexibility index (Phi) is 3.93. The number of hydrogen-bond acceptors (Lipinski definition) is 5. The van der Waals surface area contributed by atoms with Crippen molar-refractivity contribution in [2.75, 3.05) is 11.4 Å². The Bertz CT molecular complexity index is 394. The molecule has 2 heterocycles. The highest BCUT2D eigenvalue weighted by Crippen LogP contribution is 2.29. The quantitative estimate of drug-likeness (QED) is 0.892. The van der Waals surface area contributed by atoms with Gasteiger partial charge in [0.15, 0.2) is 0 Å². The number of aliphatic carboxylic acids is 1. The molecule has 1 saturated heterocycles. The van der Waals surface area contributed by atoms with Gasteiger partial charge >= 0.3 is 5.97 Å². The zero-order valence-corrected chi connectivity index (χ0v) is 10.7. The van der Waals surface area contributed by atoms with Crippen LogP contribution in [-0.4, -0.2) is 33.9 Å². The van der Waals surface area contributed by atoms with Gasteiger partial charge in [-0.25, -0.2) is 0 Å². The average molecular weight is 255 g/mol. The van der Waals surface area contributed by atoms with Crippen molar-refractivity contribution >= 4 is 22.4 Å². The summed E-state index contributed by atoms with van der Waals surface area (Å²) in [6, 6.07) is 0.312. The molecule has 1 atom stereocenters. The topological polar surface area (TPSA) is 66.3 Å². The van der Waals surface area contributed by atoms with Crippen molar-refractivity contribution in [3.8, 4) is 0 Å². The molecule has 1 N–H and O–H groups in total. The number of carboxylic acids is 1. The molecule has 1 aromatic heterocycles. The zero-order chi connectivity index (χ0) is 12.3. The van der Waals surface area contributed by atoms with Crippen LogP contribution in [0.15, 0.2) is 0 Å². The summed E-state index contributed by atoms with van der Waals surface area (Å²) in [4.78, 5) is 12.9. The van der Waals surface area contributed by atoms with Crippen LogP contribution in [0.1, 0.15) is 37.1 Å². The predicted octanol–water partition coefficient (Wildman–Crippen LogP) is 2.07. The first kappa shape index (κ1) is 12.3. The van der Waals surface area contributed by atoms with E-state index in [2.05, 4.69) is 15.1 Å². The van der Waals surface area contributed by atoms with Crippen molar-refractivity contribution < 1.29 is 9.90 Å². The lowest BCUT2D eigenvalue weighted by Crippen LogP contribution is -2.39. The standard InChI is InChI=1S/C11H17N3O2S/c1-8-12-13-11(17-8)14-7-3-2-4-9(14)5-6-10(15)16/h9H,2-7H2,1H3,(H,15,16). The predicted molar refractivity (Wildman–Crippen MR) is 66.5 cm³/mol. The van der Waals surface area contributed by atoms with E-state index >= 15 is 0 Å². The normalized spacial score (nSPS) is 20.5. The summed E-state index contributed by atoms with van der Waals surface area (Å²) in [5.41, 5.74) is 0. The van der Waals surface area contributed by atoms with Crippen molar-refractivity contribution in [2.45, 2.75) is 45.1 Å². The molecule has 0 aliphatic carbocycles. The SMILES string of the molecule is Cc1nnc(N2CCCCC2CCC(=O)O)s1. The van der Waals surface area contributed by atoms with Gasteiger partial charge in [0.25, 0.3) is 0 Å². The van der Waals surface area contributed by atoms with Crippen LogP contribution in [0.3, 0.4) is 0 Å². The summed E-state index contributed by atoms with van der Waals surface area (Å²) in [7, 11) is 0. The second kappa shape index (κ2) is 5.44. The lowest BCUT2D eigenvalue weighted by atomic mass is 9.98. The second-order valence-corrected chi connectivity index (χ2v) is 5.54. The Labute approximate surface area is 104 Å². The van der Waals surface area contributed by atoms with E-state index in [-0.39, 0.29) is 6.42 Å². The number of carbonyl (C=O) groups is 1. The van der Waals surface area contributed by atoms with Crippen LogP contribution < -0.4 is 4.90 Å². The third-order valence-corrected chi connectivity index (χ3v) is 3.96. The zero-order valence-electron chi connectivity index (χ0n) is 9.93. The van der Waals surface area contributed by atoms with Crippen LogP contribution in [0, 0.1) is 6.92 Å². The molecule has 0 saturated carbocycles. The highest BCUT2D eigenvalue weighted by atomic mass is 32.1. The monoisotopic (exact) mass is 255 g/mol. The Balaban J connectivity index is 2.04. The number of carboxylic acid groups (broad SMARTS) is 1. The van der Waals surface area contributed by atoms with E-state index < -0.39 is 5.97 Å². The van der Waals surface area contributed by atoms with Gasteiger partial charge in [-0.2, -0.15) is 0 Å². The van der Waals surface area contributed by atoms with Gasteiger partial charge in [0.1, 0.15) is 5.01 Å². The molecule has 94 valence electrons. The molecular weight excluding hydrogens is 238 g/mol. The Morgan fingerprint density at radius 1 is 1.53 bits per heavy atom. The second-order valence-electron chi connectivity index (χ2n) is 4.38. The number of aromatic nitrogens is 2. The Hall–Kier alpha value is -1.17. The largest absolute Gasteiger partial charge is 0.481 e. The third kappa shape index (κ3) is 3.15. The molecule has 1 unspecified atom stereocenters. The maximum absolute atomic E-state index is 10.6. The van der Waals surface area contributed by atoms with E-state index in [4.69, 9.17) is 5.11 Å². The number of aryl methyl sites for hydroxylation is 1. The summed E-state index contributed by atoms with van der Waals surface area (Å²) in [5, 5.41) is 18.9. The van der Waals surface area contributed by atoms with Crippen molar-refractivity contribution in [1.82, 2.24) is 10.2 Å². The lowest BCUT2D eigenvalue weighted by molar-refractivity contribution is -0.137. The molecule has 1 aliphatic rings. The summed E-state index contributed by atoms with van der Waals surface area (Å²) in [5.74, 6) is -0.719. The molecule has 5 nitrogen and oxygen atoms in total. The van der Waals surface area contributed by atoms with Gasteiger partial charge in [0.05, 0.1) is 0 Å². The summed E-state index contributed by atoms with van der Waals surface area (Å²) in [6.45, 7) is 2.91. The molecule has 0 aromatic carbocycles. The minimum absolute atomic E-state index is 0.235. The van der Waals surface area contributed by atoms with Crippen LogP contribution in [-0.2, 0) is 4.79 Å². The number of hydrogen-bond donors (Lipinski definition) is 1. The van der Waals surface area contributed by atoms with E-state index in [1.165, 1.54) is 6.42 Å². The fourth-order valence-corrected chi connectivity index (χ4v) is 3.03. The van der Waals surface area contributed by atoms with E-state index in [0.717, 1.165) is 29.5 Å². The molecular formula is C11H17N3O2S. The van der Waals surface area contributed by atoms with E-state index in [0.29, 0.717) is 12.5 Å². The number of anilines is 1. The van der Waals surface area contributed by atoms with Gasteiger partial charge in [0, 0.05) is 19.0 Å². The molecule has 1 aliphatic heterocycles. The van der Waals surface area contributed by atoms with Gasteiger partial charge in [-0.15, -0.1) is 10.2 Å². The maximum atomic E-state index is 10.6. The number of nitrogens with zero attached hydrogens (tertiary/aromatic N) is 3. The lowest BCUT2D eigenvalue weighted by Gasteiger charge is -2.35. The maximum Gasteiger partial charge on any atom is 0.303 e. The summed E-state index contributed by atoms with van der Waals surface area (Å²) < 4.78 is 0. The first-order valence-corrected chi connectivity index (χ1v) is 6.77. The molecule has 6 heteroatoms. The molecule has 0 bridgehead atoms. The van der Waals surface area contributed by atoms with E-state index in [1.807, 2.05) is 6.92 Å². The van der Waals surface area contributed by atoms with Crippen LogP contribution in [0.4, 0.5) is 5.13 Å². The van der Waals surface area contributed by atoms with E-state index in [1.54, 1.807) is 11.3 Å². The third-order valence-electron chi connectivity index (χ3n) is 3.08. The number of rotatable bonds is 4. The molecule has 1 fully saturated rings. The molecule has 1 aromatic rings. The average Bonchev–Trinajstić information content (AvgIpc) is 2.73. The fraction of sp³-hybridized carbons (Fsp3) is 0.727. The molecule has 2 rings (SSSR count). The molecule has 17 heavy (non-hydrogen) atoms. The van der Waals surface area contributed by atoms with Crippen molar-refractivity contribution in [3.05, 3.63) is 5.01 Å². The smallest absolute Gasteiger partial charge is 0.303 e.